The van der Waals surface area contributed by atoms with Gasteiger partial charge in [-0.3, -0.25) is 4.79 Å². The molecule has 0 fully saturated rings. The number of hydrogen-bond donors (Lipinski definition) is 2. The molecule has 0 aliphatic rings. The molecule has 5 heteroatoms. The van der Waals surface area contributed by atoms with E-state index in [1.807, 2.05) is 12.1 Å². The van der Waals surface area contributed by atoms with E-state index >= 15 is 0 Å². The van der Waals surface area contributed by atoms with E-state index < -0.39 is 12.0 Å². The minimum atomic E-state index is -0.845. The number of rotatable bonds is 4. The van der Waals surface area contributed by atoms with Gasteiger partial charge in [0.05, 0.1) is 0 Å². The molecule has 0 amide bonds. The van der Waals surface area contributed by atoms with Gasteiger partial charge in [-0.25, -0.2) is 0 Å². The van der Waals surface area contributed by atoms with Gasteiger partial charge in [-0.15, -0.1) is 12.4 Å². The highest BCUT2D eigenvalue weighted by molar-refractivity contribution is 6.30. The van der Waals surface area contributed by atoms with Gasteiger partial charge < -0.3 is 10.4 Å². The van der Waals surface area contributed by atoms with Crippen molar-refractivity contribution >= 4 is 30.0 Å². The molecule has 2 N–H and O–H groups in total. The fourth-order valence-electron chi connectivity index (χ4n) is 1.17. The molecule has 0 radical (unpaired) electrons. The molecule has 15 heavy (non-hydrogen) atoms. The average molecular weight is 250 g/mol. The standard InChI is InChI=1S/C10H12ClNO2.ClH/c1-12-9(10(13)14)6-7-2-4-8(11)5-3-7;/h2-5,9,12H,6H2,1H3,(H,13,14);1H/t9-;/m0./s1. The molecule has 0 heterocycles. The molecule has 1 atom stereocenters. The van der Waals surface area contributed by atoms with Crippen LogP contribution in [0.3, 0.4) is 0 Å². The second kappa shape index (κ2) is 6.67. The first kappa shape index (κ1) is 14.2. The Kier molecular flexibility index (Phi) is 6.32. The van der Waals surface area contributed by atoms with Crippen LogP contribution in [0, 0.1) is 0 Å². The Bertz CT molecular complexity index is 314. The first-order valence-electron chi connectivity index (χ1n) is 4.28. The van der Waals surface area contributed by atoms with Crippen molar-refractivity contribution < 1.29 is 9.90 Å². The summed E-state index contributed by atoms with van der Waals surface area (Å²) in [7, 11) is 1.63. The van der Waals surface area contributed by atoms with Crippen molar-refractivity contribution in [2.24, 2.45) is 0 Å². The predicted octanol–water partition coefficient (Wildman–Crippen LogP) is 1.98. The Morgan fingerprint density at radius 1 is 1.47 bits per heavy atom. The van der Waals surface area contributed by atoms with Crippen LogP contribution in [0.5, 0.6) is 0 Å². The summed E-state index contributed by atoms with van der Waals surface area (Å²) in [6, 6.07) is 6.62. The summed E-state index contributed by atoms with van der Waals surface area (Å²) in [5.74, 6) is -0.845. The summed E-state index contributed by atoms with van der Waals surface area (Å²) < 4.78 is 0. The molecule has 0 spiro atoms. The van der Waals surface area contributed by atoms with E-state index in [1.54, 1.807) is 19.2 Å². The van der Waals surface area contributed by atoms with E-state index in [0.29, 0.717) is 11.4 Å². The molecular weight excluding hydrogens is 237 g/mol. The average Bonchev–Trinajstić information content (AvgIpc) is 2.16. The predicted molar refractivity (Wildman–Crippen MR) is 62.9 cm³/mol. The molecular formula is C10H13Cl2NO2. The van der Waals surface area contributed by atoms with Gasteiger partial charge in [0.25, 0.3) is 0 Å². The second-order valence-corrected chi connectivity index (χ2v) is 3.45. The van der Waals surface area contributed by atoms with Gasteiger partial charge in [0.2, 0.25) is 0 Å². The van der Waals surface area contributed by atoms with E-state index in [4.69, 9.17) is 16.7 Å². The van der Waals surface area contributed by atoms with Crippen molar-refractivity contribution in [1.29, 1.82) is 0 Å². The van der Waals surface area contributed by atoms with Gasteiger partial charge in [0, 0.05) is 5.02 Å². The van der Waals surface area contributed by atoms with Crippen LogP contribution < -0.4 is 5.32 Å². The molecule has 1 aromatic carbocycles. The first-order valence-corrected chi connectivity index (χ1v) is 4.66. The molecule has 84 valence electrons. The molecule has 0 aromatic heterocycles. The molecule has 0 bridgehead atoms. The number of halogens is 2. The Morgan fingerprint density at radius 2 is 2.00 bits per heavy atom. The van der Waals surface area contributed by atoms with Crippen LogP contribution >= 0.6 is 24.0 Å². The Balaban J connectivity index is 0.00000196. The summed E-state index contributed by atoms with van der Waals surface area (Å²) >= 11 is 5.71. The fraction of sp³-hybridized carbons (Fsp3) is 0.300. The monoisotopic (exact) mass is 249 g/mol. The van der Waals surface area contributed by atoms with Crippen molar-refractivity contribution in [3.05, 3.63) is 34.9 Å². The number of carboxylic acid groups (broad SMARTS) is 1. The Morgan fingerprint density at radius 3 is 2.40 bits per heavy atom. The van der Waals surface area contributed by atoms with Crippen LogP contribution in [0.1, 0.15) is 5.56 Å². The van der Waals surface area contributed by atoms with Gasteiger partial charge in [0.15, 0.2) is 0 Å². The Labute approximate surface area is 99.9 Å². The summed E-state index contributed by atoms with van der Waals surface area (Å²) in [6.45, 7) is 0. The van der Waals surface area contributed by atoms with E-state index in [-0.39, 0.29) is 12.4 Å². The van der Waals surface area contributed by atoms with Crippen LogP contribution in [-0.4, -0.2) is 24.2 Å². The first-order chi connectivity index (χ1) is 6.63. The van der Waals surface area contributed by atoms with Crippen LogP contribution in [0.4, 0.5) is 0 Å². The molecule has 0 aliphatic heterocycles. The summed E-state index contributed by atoms with van der Waals surface area (Å²) in [4.78, 5) is 10.7. The molecule has 0 aliphatic carbocycles. The lowest BCUT2D eigenvalue weighted by Gasteiger charge is -2.10. The fourth-order valence-corrected chi connectivity index (χ4v) is 1.30. The maximum Gasteiger partial charge on any atom is 0.321 e. The van der Waals surface area contributed by atoms with Crippen LogP contribution in [0.15, 0.2) is 24.3 Å². The highest BCUT2D eigenvalue weighted by atomic mass is 35.5. The minimum Gasteiger partial charge on any atom is -0.480 e. The molecule has 0 saturated carbocycles. The number of nitrogens with one attached hydrogen (secondary N) is 1. The lowest BCUT2D eigenvalue weighted by Crippen LogP contribution is -2.35. The minimum absolute atomic E-state index is 0. The van der Waals surface area contributed by atoms with E-state index in [1.165, 1.54) is 0 Å². The van der Waals surface area contributed by atoms with Gasteiger partial charge in [-0.05, 0) is 31.2 Å². The van der Waals surface area contributed by atoms with E-state index in [2.05, 4.69) is 5.32 Å². The third-order valence-corrected chi connectivity index (χ3v) is 2.25. The zero-order valence-corrected chi connectivity index (χ0v) is 9.81. The lowest BCUT2D eigenvalue weighted by atomic mass is 10.1. The van der Waals surface area contributed by atoms with Crippen molar-refractivity contribution in [1.82, 2.24) is 5.32 Å². The highest BCUT2D eigenvalue weighted by Gasteiger charge is 2.14. The summed E-state index contributed by atoms with van der Waals surface area (Å²) in [5, 5.41) is 12.2. The molecule has 1 aromatic rings. The topological polar surface area (TPSA) is 49.3 Å². The smallest absolute Gasteiger partial charge is 0.321 e. The van der Waals surface area contributed by atoms with Gasteiger partial charge in [-0.1, -0.05) is 23.7 Å². The third kappa shape index (κ3) is 4.51. The normalized spacial score (nSPS) is 11.6. The SMILES string of the molecule is CN[C@@H](Cc1ccc(Cl)cc1)C(=O)O.Cl. The van der Waals surface area contributed by atoms with Crippen molar-refractivity contribution in [3.8, 4) is 0 Å². The number of benzene rings is 1. The Hall–Kier alpha value is -0.770. The quantitative estimate of drug-likeness (QED) is 0.858. The molecule has 1 rings (SSSR count). The number of carbonyl (C=O) groups is 1. The van der Waals surface area contributed by atoms with Crippen molar-refractivity contribution in [3.63, 3.8) is 0 Å². The largest absolute Gasteiger partial charge is 0.480 e. The van der Waals surface area contributed by atoms with E-state index in [0.717, 1.165) is 5.56 Å². The van der Waals surface area contributed by atoms with Crippen LogP contribution in [0.2, 0.25) is 5.02 Å². The number of carboxylic acids is 1. The number of aliphatic carboxylic acids is 1. The van der Waals surface area contributed by atoms with Crippen LogP contribution in [-0.2, 0) is 11.2 Å². The highest BCUT2D eigenvalue weighted by Crippen LogP contribution is 2.11. The molecule has 3 nitrogen and oxygen atoms in total. The maximum atomic E-state index is 10.7. The third-order valence-electron chi connectivity index (χ3n) is 2.00. The number of hydrogen-bond acceptors (Lipinski definition) is 2. The summed E-state index contributed by atoms with van der Waals surface area (Å²) in [5.41, 5.74) is 0.955. The number of likely N-dealkylation sites (N-methyl/N-ethyl adjacent to an activating group) is 1. The van der Waals surface area contributed by atoms with Crippen molar-refractivity contribution in [2.45, 2.75) is 12.5 Å². The molecule has 0 unspecified atom stereocenters. The molecule has 0 saturated heterocycles. The van der Waals surface area contributed by atoms with E-state index in [9.17, 15) is 4.79 Å². The summed E-state index contributed by atoms with van der Waals surface area (Å²) in [6.07, 6.45) is 0.461. The zero-order valence-electron chi connectivity index (χ0n) is 8.24. The van der Waals surface area contributed by atoms with Crippen molar-refractivity contribution in [2.75, 3.05) is 7.05 Å². The van der Waals surface area contributed by atoms with Gasteiger partial charge >= 0.3 is 5.97 Å². The lowest BCUT2D eigenvalue weighted by molar-refractivity contribution is -0.139. The maximum absolute atomic E-state index is 10.7. The van der Waals surface area contributed by atoms with Gasteiger partial charge in [-0.2, -0.15) is 0 Å². The second-order valence-electron chi connectivity index (χ2n) is 3.01. The van der Waals surface area contributed by atoms with Gasteiger partial charge in [0.1, 0.15) is 6.04 Å². The van der Waals surface area contributed by atoms with Crippen LogP contribution in [0.25, 0.3) is 0 Å². The zero-order chi connectivity index (χ0) is 10.6.